The number of Topliss-reactive ketones (excluding diaryl/α,β-unsaturated/α-hetero) is 2. The van der Waals surface area contributed by atoms with Crippen molar-refractivity contribution in [3.8, 4) is 0 Å². The van der Waals surface area contributed by atoms with Crippen LogP contribution in [0.4, 0.5) is 5.82 Å². The zero-order chi connectivity index (χ0) is 25.5. The number of aromatic nitrogens is 1. The monoisotopic (exact) mass is 485 g/mol. The molecule has 2 aromatic carbocycles. The van der Waals surface area contributed by atoms with E-state index in [4.69, 9.17) is 5.73 Å². The van der Waals surface area contributed by atoms with Gasteiger partial charge in [-0.05, 0) is 68.0 Å². The fourth-order valence-corrected chi connectivity index (χ4v) is 5.65. The first kappa shape index (κ1) is 26.0. The number of rotatable bonds is 11. The van der Waals surface area contributed by atoms with Crippen molar-refractivity contribution in [2.75, 3.05) is 12.3 Å². The number of hydrogen-bond acceptors (Lipinski definition) is 5. The van der Waals surface area contributed by atoms with Crippen molar-refractivity contribution in [1.82, 2.24) is 9.88 Å². The summed E-state index contributed by atoms with van der Waals surface area (Å²) >= 11 is 0. The molecular weight excluding hydrogens is 446 g/mol. The Morgan fingerprint density at radius 3 is 2.44 bits per heavy atom. The van der Waals surface area contributed by atoms with Crippen LogP contribution in [0.1, 0.15) is 63.5 Å². The van der Waals surface area contributed by atoms with E-state index in [1.165, 1.54) is 12.0 Å². The maximum Gasteiger partial charge on any atom is 0.147 e. The van der Waals surface area contributed by atoms with Crippen molar-refractivity contribution in [3.05, 3.63) is 71.9 Å². The first-order valence-corrected chi connectivity index (χ1v) is 13.3. The van der Waals surface area contributed by atoms with Gasteiger partial charge in [0.05, 0.1) is 6.54 Å². The van der Waals surface area contributed by atoms with Gasteiger partial charge in [-0.1, -0.05) is 55.0 Å². The van der Waals surface area contributed by atoms with Crippen LogP contribution in [-0.4, -0.2) is 40.1 Å². The number of likely N-dealkylation sites (tertiary alicyclic amines) is 1. The Bertz CT molecular complexity index is 1170. The van der Waals surface area contributed by atoms with Gasteiger partial charge in [0.1, 0.15) is 17.4 Å². The normalized spacial score (nSPS) is 19.3. The van der Waals surface area contributed by atoms with E-state index < -0.39 is 0 Å². The van der Waals surface area contributed by atoms with E-state index in [0.717, 1.165) is 35.6 Å². The van der Waals surface area contributed by atoms with Crippen molar-refractivity contribution in [3.63, 3.8) is 0 Å². The fourth-order valence-electron chi connectivity index (χ4n) is 5.65. The molecule has 1 aliphatic heterocycles. The number of nitrogens with two attached hydrogens (primary N) is 1. The number of piperidine rings is 1. The van der Waals surface area contributed by atoms with E-state index in [1.807, 2.05) is 36.4 Å². The van der Waals surface area contributed by atoms with E-state index in [1.54, 1.807) is 6.20 Å². The maximum atomic E-state index is 13.1. The van der Waals surface area contributed by atoms with Crippen LogP contribution in [0.25, 0.3) is 10.8 Å². The number of anilines is 1. The van der Waals surface area contributed by atoms with E-state index >= 15 is 0 Å². The highest BCUT2D eigenvalue weighted by Crippen LogP contribution is 2.25. The Hall–Kier alpha value is -3.05. The number of ketones is 2. The molecule has 4 rings (SSSR count). The molecule has 1 aromatic heterocycles. The number of nitrogens with zero attached hydrogens (tertiary/aromatic N) is 2. The summed E-state index contributed by atoms with van der Waals surface area (Å²) in [5.41, 5.74) is 8.26. The largest absolute Gasteiger partial charge is 0.383 e. The summed E-state index contributed by atoms with van der Waals surface area (Å²) in [5.74, 6) is 1.03. The minimum atomic E-state index is 0.0327. The summed E-state index contributed by atoms with van der Waals surface area (Å²) in [5, 5.41) is 1.98. The van der Waals surface area contributed by atoms with Gasteiger partial charge in [-0.25, -0.2) is 4.98 Å². The molecule has 1 aliphatic rings. The predicted octanol–water partition coefficient (Wildman–Crippen LogP) is 5.79. The third-order valence-electron chi connectivity index (χ3n) is 7.69. The van der Waals surface area contributed by atoms with Crippen molar-refractivity contribution in [2.45, 2.75) is 77.3 Å². The third-order valence-corrected chi connectivity index (χ3v) is 7.69. The zero-order valence-electron chi connectivity index (χ0n) is 21.7. The van der Waals surface area contributed by atoms with Crippen LogP contribution in [0.15, 0.2) is 60.8 Å². The Morgan fingerprint density at radius 2 is 1.69 bits per heavy atom. The minimum absolute atomic E-state index is 0.0327. The summed E-state index contributed by atoms with van der Waals surface area (Å²) < 4.78 is 0. The fraction of sp³-hybridized carbons (Fsp3) is 0.452. The van der Waals surface area contributed by atoms with Crippen LogP contribution in [0, 0.1) is 5.92 Å². The Morgan fingerprint density at radius 1 is 0.972 bits per heavy atom. The molecule has 0 saturated carbocycles. The summed E-state index contributed by atoms with van der Waals surface area (Å²) in [6.45, 7) is 4.95. The van der Waals surface area contributed by atoms with Gasteiger partial charge in [-0.3, -0.25) is 14.5 Å². The molecule has 0 spiro atoms. The minimum Gasteiger partial charge on any atom is -0.383 e. The first-order chi connectivity index (χ1) is 17.4. The SMILES string of the molecule is C[C@@H]1CCC[C@H](C)N1CC(=O)C[C@H](CC(=O)CCc1ccc2c(N)nccc2c1)Cc1ccccc1. The van der Waals surface area contributed by atoms with Gasteiger partial charge in [0, 0.05) is 42.9 Å². The molecule has 0 bridgehead atoms. The van der Waals surface area contributed by atoms with Crippen LogP contribution < -0.4 is 5.73 Å². The molecule has 2 heterocycles. The second-order valence-electron chi connectivity index (χ2n) is 10.6. The topological polar surface area (TPSA) is 76.3 Å². The molecule has 0 radical (unpaired) electrons. The highest BCUT2D eigenvalue weighted by atomic mass is 16.1. The van der Waals surface area contributed by atoms with Crippen molar-refractivity contribution in [2.24, 2.45) is 5.92 Å². The Balaban J connectivity index is 1.37. The first-order valence-electron chi connectivity index (χ1n) is 13.3. The highest BCUT2D eigenvalue weighted by Gasteiger charge is 2.27. The smallest absolute Gasteiger partial charge is 0.147 e. The lowest BCUT2D eigenvalue weighted by molar-refractivity contribution is -0.123. The Kier molecular flexibility index (Phi) is 8.87. The van der Waals surface area contributed by atoms with Crippen molar-refractivity contribution >= 4 is 28.2 Å². The standard InChI is InChI=1S/C31H39N3O2/c1-22-7-6-8-23(2)34(22)21-29(36)20-26(17-24-9-4-3-5-10-24)19-28(35)13-11-25-12-14-30-27(18-25)15-16-33-31(30)32/h3-5,9-10,12,14-16,18,22-23,26H,6-8,11,13,17,19-21H2,1-2H3,(H2,32,33)/t22-,23+,26-/m0/s1. The molecule has 3 atom stereocenters. The maximum absolute atomic E-state index is 13.1. The number of nitrogen functional groups attached to an aromatic ring is 1. The van der Waals surface area contributed by atoms with Crippen LogP contribution in [0.2, 0.25) is 0 Å². The van der Waals surface area contributed by atoms with Gasteiger partial charge in [0.2, 0.25) is 0 Å². The van der Waals surface area contributed by atoms with Crippen LogP contribution >= 0.6 is 0 Å². The molecule has 3 aromatic rings. The molecule has 1 fully saturated rings. The molecule has 5 nitrogen and oxygen atoms in total. The zero-order valence-corrected chi connectivity index (χ0v) is 21.7. The van der Waals surface area contributed by atoms with Gasteiger partial charge in [-0.15, -0.1) is 0 Å². The summed E-state index contributed by atoms with van der Waals surface area (Å²) in [7, 11) is 0. The molecule has 0 aliphatic carbocycles. The number of carbonyl (C=O) groups is 2. The van der Waals surface area contributed by atoms with Crippen LogP contribution in [0.5, 0.6) is 0 Å². The van der Waals surface area contributed by atoms with Gasteiger partial charge in [0.25, 0.3) is 0 Å². The van der Waals surface area contributed by atoms with Crippen LogP contribution in [0.3, 0.4) is 0 Å². The van der Waals surface area contributed by atoms with Crippen molar-refractivity contribution < 1.29 is 9.59 Å². The second kappa shape index (κ2) is 12.3. The van der Waals surface area contributed by atoms with Crippen LogP contribution in [-0.2, 0) is 22.4 Å². The quantitative estimate of drug-likeness (QED) is 0.372. The van der Waals surface area contributed by atoms with E-state index in [2.05, 4.69) is 41.9 Å². The molecular formula is C31H39N3O2. The molecule has 190 valence electrons. The van der Waals surface area contributed by atoms with Gasteiger partial charge in [-0.2, -0.15) is 0 Å². The van der Waals surface area contributed by atoms with E-state index in [0.29, 0.717) is 50.1 Å². The molecule has 0 amide bonds. The lowest BCUT2D eigenvalue weighted by Gasteiger charge is -2.38. The highest BCUT2D eigenvalue weighted by molar-refractivity contribution is 5.91. The predicted molar refractivity (Wildman–Crippen MR) is 147 cm³/mol. The average molecular weight is 486 g/mol. The lowest BCUT2D eigenvalue weighted by Crippen LogP contribution is -2.46. The molecule has 1 saturated heterocycles. The molecule has 0 unspecified atom stereocenters. The van der Waals surface area contributed by atoms with E-state index in [-0.39, 0.29) is 17.5 Å². The van der Waals surface area contributed by atoms with Gasteiger partial charge in [0.15, 0.2) is 0 Å². The number of pyridine rings is 1. The third kappa shape index (κ3) is 7.01. The van der Waals surface area contributed by atoms with E-state index in [9.17, 15) is 9.59 Å². The van der Waals surface area contributed by atoms with Gasteiger partial charge < -0.3 is 5.73 Å². The number of fused-ring (bicyclic) bond motifs is 1. The molecule has 2 N–H and O–H groups in total. The summed E-state index contributed by atoms with van der Waals surface area (Å²) in [4.78, 5) is 32.7. The van der Waals surface area contributed by atoms with Gasteiger partial charge >= 0.3 is 0 Å². The number of benzene rings is 2. The molecule has 5 heteroatoms. The number of aryl methyl sites for hydroxylation is 1. The second-order valence-corrected chi connectivity index (χ2v) is 10.6. The number of carbonyl (C=O) groups excluding carboxylic acids is 2. The molecule has 36 heavy (non-hydrogen) atoms. The average Bonchev–Trinajstić information content (AvgIpc) is 2.86. The lowest BCUT2D eigenvalue weighted by atomic mass is 9.88. The van der Waals surface area contributed by atoms with Crippen molar-refractivity contribution in [1.29, 1.82) is 0 Å². The number of hydrogen-bond donors (Lipinski definition) is 1. The Labute approximate surface area is 215 Å². The summed E-state index contributed by atoms with van der Waals surface area (Å²) in [6.07, 6.45) is 8.07. The summed E-state index contributed by atoms with van der Waals surface area (Å²) in [6, 6.07) is 19.2.